The molecule has 1 heterocycles. The molecule has 2 atom stereocenters. The van der Waals surface area contributed by atoms with Crippen molar-refractivity contribution in [1.82, 2.24) is 10.2 Å². The number of benzene rings is 2. The second kappa shape index (κ2) is 8.47. The highest BCUT2D eigenvalue weighted by molar-refractivity contribution is 5.80. The Morgan fingerprint density at radius 3 is 2.59 bits per heavy atom. The summed E-state index contributed by atoms with van der Waals surface area (Å²) in [5.74, 6) is 0.211. The molecule has 0 radical (unpaired) electrons. The lowest BCUT2D eigenvalue weighted by atomic mass is 9.98. The maximum absolute atomic E-state index is 14.9. The molecular weight excluding hydrogens is 410 g/mol. The van der Waals surface area contributed by atoms with Gasteiger partial charge in [0.05, 0.1) is 6.61 Å². The van der Waals surface area contributed by atoms with Gasteiger partial charge in [0, 0.05) is 38.0 Å². The Morgan fingerprint density at radius 2 is 1.91 bits per heavy atom. The Hall–Kier alpha value is -2.47. The maximum Gasteiger partial charge on any atom is 0.223 e. The zero-order valence-electron chi connectivity index (χ0n) is 18.5. The van der Waals surface area contributed by atoms with Crippen LogP contribution in [0.2, 0.25) is 0 Å². The molecule has 5 rings (SSSR count). The van der Waals surface area contributed by atoms with Crippen LogP contribution >= 0.6 is 0 Å². The van der Waals surface area contributed by atoms with E-state index in [-0.39, 0.29) is 35.9 Å². The lowest BCUT2D eigenvalue weighted by Gasteiger charge is -2.29. The molecule has 2 aliphatic carbocycles. The molecule has 2 fully saturated rings. The number of nitrogens with zero attached hydrogens (tertiary/aromatic N) is 1. The lowest BCUT2D eigenvalue weighted by molar-refractivity contribution is -0.122. The van der Waals surface area contributed by atoms with Crippen LogP contribution < -0.4 is 10.1 Å². The predicted octanol–water partition coefficient (Wildman–Crippen LogP) is 4.54. The summed E-state index contributed by atoms with van der Waals surface area (Å²) < 4.78 is 34.2. The number of carbonyl (C=O) groups excluding carboxylic acids is 1. The van der Waals surface area contributed by atoms with Crippen LogP contribution in [-0.4, -0.2) is 29.6 Å². The summed E-state index contributed by atoms with van der Waals surface area (Å²) >= 11 is 0. The predicted molar refractivity (Wildman–Crippen MR) is 118 cm³/mol. The summed E-state index contributed by atoms with van der Waals surface area (Å²) in [6.07, 6.45) is 3.15. The van der Waals surface area contributed by atoms with Crippen LogP contribution in [0, 0.1) is 17.7 Å². The summed E-state index contributed by atoms with van der Waals surface area (Å²) in [5.41, 5.74) is 2.85. The van der Waals surface area contributed by atoms with Gasteiger partial charge in [0.25, 0.3) is 0 Å². The van der Waals surface area contributed by atoms with E-state index in [1.807, 2.05) is 6.07 Å². The Labute approximate surface area is 187 Å². The zero-order chi connectivity index (χ0) is 22.3. The third-order valence-electron chi connectivity index (χ3n) is 7.00. The fourth-order valence-electron chi connectivity index (χ4n) is 4.44. The molecule has 2 aromatic rings. The number of ether oxygens (including phenoxy) is 1. The minimum absolute atomic E-state index is 0.130. The summed E-state index contributed by atoms with van der Waals surface area (Å²) in [5, 5.41) is 2.99. The van der Waals surface area contributed by atoms with Gasteiger partial charge in [0.15, 0.2) is 11.6 Å². The average molecular weight is 441 g/mol. The zero-order valence-corrected chi connectivity index (χ0v) is 18.5. The molecule has 1 aliphatic heterocycles. The third-order valence-corrected chi connectivity index (χ3v) is 7.00. The summed E-state index contributed by atoms with van der Waals surface area (Å²) in [7, 11) is 0. The van der Waals surface area contributed by atoms with Crippen LogP contribution in [0.3, 0.4) is 0 Å². The van der Waals surface area contributed by atoms with Gasteiger partial charge in [0.2, 0.25) is 5.91 Å². The van der Waals surface area contributed by atoms with E-state index in [1.165, 1.54) is 5.56 Å². The molecule has 0 bridgehead atoms. The summed E-state index contributed by atoms with van der Waals surface area (Å²) in [6.45, 7) is 4.63. The van der Waals surface area contributed by atoms with E-state index in [2.05, 4.69) is 34.5 Å². The second-order valence-corrected chi connectivity index (χ2v) is 9.77. The van der Waals surface area contributed by atoms with Crippen LogP contribution in [0.5, 0.6) is 5.75 Å². The number of halogens is 2. The van der Waals surface area contributed by atoms with Crippen molar-refractivity contribution in [1.29, 1.82) is 0 Å². The Kier molecular flexibility index (Phi) is 5.66. The van der Waals surface area contributed by atoms with Crippen molar-refractivity contribution >= 4 is 5.91 Å². The van der Waals surface area contributed by atoms with Crippen molar-refractivity contribution < 1.29 is 18.3 Å². The fraction of sp³-hybridized carbons (Fsp3) is 0.500. The van der Waals surface area contributed by atoms with Gasteiger partial charge < -0.3 is 10.1 Å². The second-order valence-electron chi connectivity index (χ2n) is 9.77. The van der Waals surface area contributed by atoms with Crippen LogP contribution in [0.1, 0.15) is 48.4 Å². The first kappa shape index (κ1) is 21.4. The van der Waals surface area contributed by atoms with Crippen molar-refractivity contribution in [2.45, 2.75) is 57.9 Å². The first-order chi connectivity index (χ1) is 15.4. The molecule has 0 aromatic heterocycles. The third kappa shape index (κ3) is 4.80. The number of nitrogens with one attached hydrogen (secondary N) is 1. The molecule has 4 nitrogen and oxygen atoms in total. The largest absolute Gasteiger partial charge is 0.490 e. The Balaban J connectivity index is 1.15. The summed E-state index contributed by atoms with van der Waals surface area (Å²) in [4.78, 5) is 14.1. The highest BCUT2D eigenvalue weighted by Gasteiger charge is 2.51. The van der Waals surface area contributed by atoms with Gasteiger partial charge in [-0.3, -0.25) is 9.69 Å². The number of alkyl halides is 1. The highest BCUT2D eigenvalue weighted by atomic mass is 19.1. The number of hydrogen-bond acceptors (Lipinski definition) is 3. The van der Waals surface area contributed by atoms with Gasteiger partial charge in [0.1, 0.15) is 5.67 Å². The number of amides is 1. The molecule has 6 heteroatoms. The van der Waals surface area contributed by atoms with E-state index in [4.69, 9.17) is 4.74 Å². The van der Waals surface area contributed by atoms with Crippen LogP contribution in [0.15, 0.2) is 36.4 Å². The fourth-order valence-corrected chi connectivity index (χ4v) is 4.44. The van der Waals surface area contributed by atoms with Crippen LogP contribution in [0.25, 0.3) is 0 Å². The van der Waals surface area contributed by atoms with Gasteiger partial charge in [-0.25, -0.2) is 8.78 Å². The first-order valence-corrected chi connectivity index (χ1v) is 11.6. The number of carbonyl (C=O) groups is 1. The van der Waals surface area contributed by atoms with E-state index < -0.39 is 5.67 Å². The number of fused-ring (bicyclic) bond motifs is 1. The van der Waals surface area contributed by atoms with Gasteiger partial charge in [-0.1, -0.05) is 30.3 Å². The average Bonchev–Trinajstić information content (AvgIpc) is 3.70. The SMILES string of the molecule is CC1(F)CC1COc1ccc2c(c1F)CCN(Cc1ccc(CNC(=O)C3CC3)cc1)C2. The topological polar surface area (TPSA) is 41.6 Å². The molecule has 2 aromatic carbocycles. The minimum Gasteiger partial charge on any atom is -0.490 e. The van der Waals surface area contributed by atoms with Crippen molar-refractivity contribution in [3.8, 4) is 5.75 Å². The van der Waals surface area contributed by atoms with Gasteiger partial charge in [-0.15, -0.1) is 0 Å². The summed E-state index contributed by atoms with van der Waals surface area (Å²) in [6, 6.07) is 11.9. The molecule has 0 saturated heterocycles. The maximum atomic E-state index is 14.9. The lowest BCUT2D eigenvalue weighted by Crippen LogP contribution is -2.30. The Bertz CT molecular complexity index is 1000. The van der Waals surface area contributed by atoms with Crippen molar-refractivity contribution in [3.05, 3.63) is 64.5 Å². The van der Waals surface area contributed by atoms with Gasteiger partial charge >= 0.3 is 0 Å². The van der Waals surface area contributed by atoms with Crippen LogP contribution in [0.4, 0.5) is 8.78 Å². The molecule has 170 valence electrons. The number of hydrogen-bond donors (Lipinski definition) is 1. The van der Waals surface area contributed by atoms with Crippen molar-refractivity contribution in [2.75, 3.05) is 13.2 Å². The molecule has 2 saturated carbocycles. The standard InChI is InChI=1S/C26H30F2N2O2/c1-26(28)12-21(26)16-32-23-9-8-20-15-30(11-10-22(20)24(23)27)14-18-4-2-17(3-5-18)13-29-25(31)19-6-7-19/h2-5,8-9,19,21H,6-7,10-16H2,1H3,(H,29,31). The molecule has 0 spiro atoms. The molecule has 1 amide bonds. The van der Waals surface area contributed by atoms with Gasteiger partial charge in [-0.2, -0.15) is 0 Å². The molecule has 32 heavy (non-hydrogen) atoms. The van der Waals surface area contributed by atoms with E-state index in [1.54, 1.807) is 13.0 Å². The molecule has 3 aliphatic rings. The normalized spacial score (nSPS) is 24.7. The van der Waals surface area contributed by atoms with Gasteiger partial charge in [-0.05, 0) is 60.9 Å². The number of rotatable bonds is 8. The first-order valence-electron chi connectivity index (χ1n) is 11.6. The minimum atomic E-state index is -1.16. The molecular formula is C26H30F2N2O2. The van der Waals surface area contributed by atoms with E-state index in [0.29, 0.717) is 25.9 Å². The van der Waals surface area contributed by atoms with E-state index in [9.17, 15) is 13.6 Å². The van der Waals surface area contributed by atoms with Crippen molar-refractivity contribution in [3.63, 3.8) is 0 Å². The smallest absolute Gasteiger partial charge is 0.223 e. The highest BCUT2D eigenvalue weighted by Crippen LogP contribution is 2.47. The van der Waals surface area contributed by atoms with E-state index >= 15 is 0 Å². The van der Waals surface area contributed by atoms with E-state index in [0.717, 1.165) is 42.6 Å². The quantitative estimate of drug-likeness (QED) is 0.656. The monoisotopic (exact) mass is 440 g/mol. The molecule has 1 N–H and O–H groups in total. The van der Waals surface area contributed by atoms with Crippen molar-refractivity contribution in [2.24, 2.45) is 11.8 Å². The Morgan fingerprint density at radius 1 is 1.19 bits per heavy atom. The van der Waals surface area contributed by atoms with Crippen LogP contribution in [-0.2, 0) is 30.8 Å². The molecule has 2 unspecified atom stereocenters.